The summed E-state index contributed by atoms with van der Waals surface area (Å²) in [7, 11) is 0. The number of amides is 2. The van der Waals surface area contributed by atoms with Crippen LogP contribution in [0.1, 0.15) is 32.1 Å². The quantitative estimate of drug-likeness (QED) is 0.653. The van der Waals surface area contributed by atoms with E-state index < -0.39 is 0 Å². The predicted molar refractivity (Wildman–Crippen MR) is 48.8 cm³/mol. The molecule has 1 saturated heterocycles. The molecule has 0 aromatic carbocycles. The molecule has 3 N–H and O–H groups in total. The van der Waals surface area contributed by atoms with Crippen molar-refractivity contribution in [3.8, 4) is 0 Å². The zero-order chi connectivity index (χ0) is 9.68. The van der Waals surface area contributed by atoms with Gasteiger partial charge in [0.1, 0.15) is 0 Å². The smallest absolute Gasteiger partial charge is 0.223 e. The predicted octanol–water partition coefficient (Wildman–Crippen LogP) is 0.168. The summed E-state index contributed by atoms with van der Waals surface area (Å²) in [5.41, 5.74) is 5.00. The number of carbonyl (C=O) groups is 2. The van der Waals surface area contributed by atoms with Gasteiger partial charge in [-0.2, -0.15) is 0 Å². The zero-order valence-corrected chi connectivity index (χ0v) is 7.71. The van der Waals surface area contributed by atoms with E-state index in [9.17, 15) is 9.59 Å². The maximum atomic E-state index is 11.2. The average Bonchev–Trinajstić information content (AvgIpc) is 2.08. The van der Waals surface area contributed by atoms with Gasteiger partial charge in [0.25, 0.3) is 0 Å². The number of hydrogen-bond acceptors (Lipinski definition) is 2. The second kappa shape index (κ2) is 4.84. The largest absolute Gasteiger partial charge is 0.370 e. The van der Waals surface area contributed by atoms with Crippen LogP contribution >= 0.6 is 0 Å². The van der Waals surface area contributed by atoms with E-state index in [1.807, 2.05) is 0 Å². The van der Waals surface area contributed by atoms with Gasteiger partial charge in [0.2, 0.25) is 11.8 Å². The summed E-state index contributed by atoms with van der Waals surface area (Å²) >= 11 is 0. The summed E-state index contributed by atoms with van der Waals surface area (Å²) in [5, 5.41) is 2.82. The van der Waals surface area contributed by atoms with Gasteiger partial charge in [-0.1, -0.05) is 0 Å². The third-order valence-corrected chi connectivity index (χ3v) is 2.38. The Kier molecular flexibility index (Phi) is 3.73. The second-order valence-electron chi connectivity index (χ2n) is 3.49. The number of nitrogens with one attached hydrogen (secondary N) is 1. The molecule has 0 aromatic rings. The van der Waals surface area contributed by atoms with E-state index in [1.165, 1.54) is 0 Å². The van der Waals surface area contributed by atoms with Crippen LogP contribution in [-0.2, 0) is 9.59 Å². The number of piperidine rings is 1. The summed E-state index contributed by atoms with van der Waals surface area (Å²) in [6.07, 6.45) is 3.91. The van der Waals surface area contributed by atoms with Crippen molar-refractivity contribution < 1.29 is 9.59 Å². The third kappa shape index (κ3) is 3.44. The number of nitrogens with two attached hydrogens (primary N) is 1. The van der Waals surface area contributed by atoms with Crippen molar-refractivity contribution in [2.75, 3.05) is 6.54 Å². The van der Waals surface area contributed by atoms with Crippen LogP contribution < -0.4 is 11.1 Å². The molecule has 1 rings (SSSR count). The third-order valence-electron chi connectivity index (χ3n) is 2.38. The van der Waals surface area contributed by atoms with Gasteiger partial charge in [0.05, 0.1) is 0 Å². The highest BCUT2D eigenvalue weighted by molar-refractivity contribution is 5.79. The Morgan fingerprint density at radius 1 is 1.62 bits per heavy atom. The van der Waals surface area contributed by atoms with Crippen LogP contribution in [0, 0.1) is 5.92 Å². The Labute approximate surface area is 77.9 Å². The number of hydrogen-bond donors (Lipinski definition) is 2. The average molecular weight is 184 g/mol. The van der Waals surface area contributed by atoms with Crippen molar-refractivity contribution >= 4 is 11.8 Å². The molecule has 0 saturated carbocycles. The molecule has 1 heterocycles. The molecular formula is C9H16N2O2. The fourth-order valence-corrected chi connectivity index (χ4v) is 1.63. The topological polar surface area (TPSA) is 72.2 Å². The molecule has 13 heavy (non-hydrogen) atoms. The highest BCUT2D eigenvalue weighted by Gasteiger charge is 2.21. The van der Waals surface area contributed by atoms with Crippen molar-refractivity contribution in [1.29, 1.82) is 0 Å². The van der Waals surface area contributed by atoms with Crippen molar-refractivity contribution in [3.63, 3.8) is 0 Å². The normalized spacial score (nSPS) is 22.5. The van der Waals surface area contributed by atoms with Crippen molar-refractivity contribution in [1.82, 2.24) is 5.32 Å². The first-order chi connectivity index (χ1) is 6.20. The Morgan fingerprint density at radius 3 is 3.00 bits per heavy atom. The molecule has 0 spiro atoms. The molecule has 4 heteroatoms. The van der Waals surface area contributed by atoms with Gasteiger partial charge >= 0.3 is 0 Å². The fourth-order valence-electron chi connectivity index (χ4n) is 1.63. The zero-order valence-electron chi connectivity index (χ0n) is 7.71. The van der Waals surface area contributed by atoms with E-state index in [2.05, 4.69) is 5.32 Å². The maximum Gasteiger partial charge on any atom is 0.223 e. The number of primary amides is 1. The van der Waals surface area contributed by atoms with Gasteiger partial charge in [0, 0.05) is 18.9 Å². The number of rotatable bonds is 4. The maximum absolute atomic E-state index is 11.2. The van der Waals surface area contributed by atoms with Crippen LogP contribution in [0.25, 0.3) is 0 Å². The fraction of sp³-hybridized carbons (Fsp3) is 0.778. The molecule has 2 amide bonds. The summed E-state index contributed by atoms with van der Waals surface area (Å²) in [4.78, 5) is 21.7. The van der Waals surface area contributed by atoms with Crippen molar-refractivity contribution in [2.45, 2.75) is 32.1 Å². The van der Waals surface area contributed by atoms with Gasteiger partial charge in [-0.3, -0.25) is 9.59 Å². The second-order valence-corrected chi connectivity index (χ2v) is 3.49. The van der Waals surface area contributed by atoms with Gasteiger partial charge in [-0.25, -0.2) is 0 Å². The van der Waals surface area contributed by atoms with E-state index in [1.54, 1.807) is 0 Å². The standard InChI is InChI=1S/C9H16N2O2/c10-8(12)5-1-3-7-4-2-6-11-9(7)13/h7H,1-6H2,(H2,10,12)(H,11,13)/t7-/m0/s1. The van der Waals surface area contributed by atoms with Crippen LogP contribution in [0.5, 0.6) is 0 Å². The lowest BCUT2D eigenvalue weighted by atomic mass is 9.93. The van der Waals surface area contributed by atoms with Gasteiger partial charge in [0.15, 0.2) is 0 Å². The summed E-state index contributed by atoms with van der Waals surface area (Å²) < 4.78 is 0. The first kappa shape index (κ1) is 10.0. The first-order valence-electron chi connectivity index (χ1n) is 4.76. The summed E-state index contributed by atoms with van der Waals surface area (Å²) in [6.45, 7) is 0.797. The lowest BCUT2D eigenvalue weighted by Gasteiger charge is -2.21. The SMILES string of the molecule is NC(=O)CCC[C@H]1CCCNC1=O. The van der Waals surface area contributed by atoms with Crippen LogP contribution in [0.2, 0.25) is 0 Å². The van der Waals surface area contributed by atoms with Gasteiger partial charge < -0.3 is 11.1 Å². The van der Waals surface area contributed by atoms with Crippen LogP contribution in [0.3, 0.4) is 0 Å². The van der Waals surface area contributed by atoms with Crippen molar-refractivity contribution in [2.24, 2.45) is 11.7 Å². The van der Waals surface area contributed by atoms with E-state index in [0.29, 0.717) is 6.42 Å². The Bertz CT molecular complexity index is 204. The molecule has 0 aromatic heterocycles. The molecular weight excluding hydrogens is 168 g/mol. The molecule has 1 aliphatic rings. The Balaban J connectivity index is 2.19. The molecule has 1 fully saturated rings. The Morgan fingerprint density at radius 2 is 2.38 bits per heavy atom. The van der Waals surface area contributed by atoms with E-state index >= 15 is 0 Å². The lowest BCUT2D eigenvalue weighted by molar-refractivity contribution is -0.127. The van der Waals surface area contributed by atoms with Crippen LogP contribution in [0.4, 0.5) is 0 Å². The van der Waals surface area contributed by atoms with E-state index in [4.69, 9.17) is 5.73 Å². The minimum absolute atomic E-state index is 0.105. The summed E-state index contributed by atoms with van der Waals surface area (Å²) in [5.74, 6) is -0.0416. The molecule has 0 radical (unpaired) electrons. The molecule has 0 unspecified atom stereocenters. The van der Waals surface area contributed by atoms with Crippen molar-refractivity contribution in [3.05, 3.63) is 0 Å². The van der Waals surface area contributed by atoms with Crippen LogP contribution in [0.15, 0.2) is 0 Å². The number of carbonyl (C=O) groups excluding carboxylic acids is 2. The molecule has 4 nitrogen and oxygen atoms in total. The molecule has 0 bridgehead atoms. The molecule has 1 atom stereocenters. The van der Waals surface area contributed by atoms with E-state index in [-0.39, 0.29) is 17.7 Å². The molecule has 74 valence electrons. The molecule has 0 aliphatic carbocycles. The van der Waals surface area contributed by atoms with E-state index in [0.717, 1.165) is 32.2 Å². The Hall–Kier alpha value is -1.06. The highest BCUT2D eigenvalue weighted by atomic mass is 16.2. The van der Waals surface area contributed by atoms with Gasteiger partial charge in [-0.15, -0.1) is 0 Å². The minimum Gasteiger partial charge on any atom is -0.370 e. The first-order valence-corrected chi connectivity index (χ1v) is 4.76. The molecule has 1 aliphatic heterocycles. The van der Waals surface area contributed by atoms with Gasteiger partial charge in [-0.05, 0) is 25.7 Å². The highest BCUT2D eigenvalue weighted by Crippen LogP contribution is 2.17. The lowest BCUT2D eigenvalue weighted by Crippen LogP contribution is -2.36. The monoisotopic (exact) mass is 184 g/mol. The van der Waals surface area contributed by atoms with Crippen LogP contribution in [-0.4, -0.2) is 18.4 Å². The summed E-state index contributed by atoms with van der Waals surface area (Å²) in [6, 6.07) is 0. The minimum atomic E-state index is -0.281.